The standard InChI is InChI=1S/C8H4Cl2N2O7/c1-18-8(13)19-7-3(9)2-4(11(14)15)5(10)6(7)12(16)17/h2H,1H3. The third kappa shape index (κ3) is 3.01. The van der Waals surface area contributed by atoms with Crippen LogP contribution >= 0.6 is 23.2 Å². The van der Waals surface area contributed by atoms with Gasteiger partial charge in [-0.2, -0.15) is 0 Å². The lowest BCUT2D eigenvalue weighted by Crippen LogP contribution is -2.10. The molecule has 0 saturated carbocycles. The van der Waals surface area contributed by atoms with E-state index in [4.69, 9.17) is 23.2 Å². The normalized spacial score (nSPS) is 9.84. The van der Waals surface area contributed by atoms with E-state index in [-0.39, 0.29) is 0 Å². The molecule has 11 heteroatoms. The van der Waals surface area contributed by atoms with Crippen molar-refractivity contribution < 1.29 is 24.1 Å². The van der Waals surface area contributed by atoms with Gasteiger partial charge in [-0.15, -0.1) is 0 Å². The van der Waals surface area contributed by atoms with Gasteiger partial charge < -0.3 is 9.47 Å². The molecule has 0 aliphatic rings. The molecule has 1 aromatic carbocycles. The van der Waals surface area contributed by atoms with Crippen LogP contribution in [0, 0.1) is 20.2 Å². The second-order valence-corrected chi connectivity index (χ2v) is 3.72. The van der Waals surface area contributed by atoms with E-state index in [1.165, 1.54) is 0 Å². The number of halogens is 2. The predicted molar refractivity (Wildman–Crippen MR) is 62.8 cm³/mol. The maximum absolute atomic E-state index is 10.9. The molecule has 0 saturated heterocycles. The third-order valence-corrected chi connectivity index (χ3v) is 2.51. The predicted octanol–water partition coefficient (Wildman–Crippen LogP) is 2.96. The summed E-state index contributed by atoms with van der Waals surface area (Å²) in [5, 5.41) is 20.2. The number of nitro benzene ring substituents is 2. The second kappa shape index (κ2) is 5.67. The van der Waals surface area contributed by atoms with Crippen LogP contribution in [0.2, 0.25) is 10.0 Å². The summed E-state index contributed by atoms with van der Waals surface area (Å²) < 4.78 is 8.60. The molecule has 0 atom stereocenters. The molecule has 0 N–H and O–H groups in total. The van der Waals surface area contributed by atoms with Gasteiger partial charge in [0.05, 0.1) is 22.0 Å². The van der Waals surface area contributed by atoms with E-state index in [9.17, 15) is 25.0 Å². The van der Waals surface area contributed by atoms with Crippen molar-refractivity contribution in [3.05, 3.63) is 36.3 Å². The monoisotopic (exact) mass is 310 g/mol. The van der Waals surface area contributed by atoms with Gasteiger partial charge in [-0.1, -0.05) is 23.2 Å². The van der Waals surface area contributed by atoms with E-state index in [1.807, 2.05) is 0 Å². The average molecular weight is 311 g/mol. The van der Waals surface area contributed by atoms with Crippen molar-refractivity contribution in [1.29, 1.82) is 0 Å². The van der Waals surface area contributed by atoms with Crippen LogP contribution in [0.5, 0.6) is 5.75 Å². The van der Waals surface area contributed by atoms with Gasteiger partial charge >= 0.3 is 11.8 Å². The molecule has 1 rings (SSSR count). The van der Waals surface area contributed by atoms with Gasteiger partial charge in [0.2, 0.25) is 5.75 Å². The summed E-state index contributed by atoms with van der Waals surface area (Å²) in [6.07, 6.45) is -1.28. The van der Waals surface area contributed by atoms with E-state index in [0.717, 1.165) is 13.2 Å². The fourth-order valence-corrected chi connectivity index (χ4v) is 1.61. The molecule has 9 nitrogen and oxygen atoms in total. The molecule has 0 aliphatic carbocycles. The second-order valence-electron chi connectivity index (χ2n) is 2.94. The topological polar surface area (TPSA) is 122 Å². The first-order chi connectivity index (χ1) is 8.79. The van der Waals surface area contributed by atoms with Gasteiger partial charge in [0, 0.05) is 6.07 Å². The van der Waals surface area contributed by atoms with E-state index < -0.39 is 43.2 Å². The van der Waals surface area contributed by atoms with E-state index in [1.54, 1.807) is 0 Å². The molecule has 0 fully saturated rings. The highest BCUT2D eigenvalue weighted by Crippen LogP contribution is 2.45. The lowest BCUT2D eigenvalue weighted by atomic mass is 10.2. The minimum atomic E-state index is -1.28. The number of methoxy groups -OCH3 is 1. The minimum absolute atomic E-state index is 0.520. The highest BCUT2D eigenvalue weighted by Gasteiger charge is 2.33. The number of rotatable bonds is 3. The molecule has 0 unspecified atom stereocenters. The lowest BCUT2D eigenvalue weighted by molar-refractivity contribution is -0.394. The summed E-state index contributed by atoms with van der Waals surface area (Å²) >= 11 is 11.1. The highest BCUT2D eigenvalue weighted by molar-refractivity contribution is 6.38. The molecule has 0 radical (unpaired) electrons. The molecule has 0 bridgehead atoms. The number of hydrogen-bond donors (Lipinski definition) is 0. The Bertz CT molecular complexity index is 575. The maximum atomic E-state index is 10.9. The van der Waals surface area contributed by atoms with E-state index in [0.29, 0.717) is 0 Å². The maximum Gasteiger partial charge on any atom is 0.513 e. The molecule has 1 aromatic rings. The Labute approximate surface area is 114 Å². The molecule has 0 aliphatic heterocycles. The van der Waals surface area contributed by atoms with Crippen LogP contribution in [-0.4, -0.2) is 23.1 Å². The van der Waals surface area contributed by atoms with Crippen molar-refractivity contribution in [3.63, 3.8) is 0 Å². The first-order valence-corrected chi connectivity index (χ1v) is 5.11. The Hall–Kier alpha value is -2.13. The molecule has 0 spiro atoms. The number of nitrogens with zero attached hydrogens (tertiary/aromatic N) is 2. The zero-order valence-electron chi connectivity index (χ0n) is 9.09. The summed E-state index contributed by atoms with van der Waals surface area (Å²) in [6, 6.07) is 0.731. The zero-order valence-corrected chi connectivity index (χ0v) is 10.6. The summed E-state index contributed by atoms with van der Waals surface area (Å²) in [4.78, 5) is 30.4. The van der Waals surface area contributed by atoms with Crippen LogP contribution < -0.4 is 4.74 Å². The van der Waals surface area contributed by atoms with Crippen LogP contribution in [0.15, 0.2) is 6.07 Å². The lowest BCUT2D eigenvalue weighted by Gasteiger charge is -2.07. The zero-order chi connectivity index (χ0) is 14.7. The van der Waals surface area contributed by atoms with Crippen LogP contribution in [0.1, 0.15) is 0 Å². The Kier molecular flexibility index (Phi) is 4.46. The van der Waals surface area contributed by atoms with Crippen molar-refractivity contribution in [2.45, 2.75) is 0 Å². The molecule has 0 heterocycles. The highest BCUT2D eigenvalue weighted by atomic mass is 35.5. The number of carbonyl (C=O) groups excluding carboxylic acids is 1. The smallest absolute Gasteiger partial charge is 0.437 e. The van der Waals surface area contributed by atoms with Gasteiger partial charge in [0.25, 0.3) is 5.69 Å². The van der Waals surface area contributed by atoms with Crippen LogP contribution in [0.25, 0.3) is 0 Å². The fraction of sp³-hybridized carbons (Fsp3) is 0.125. The quantitative estimate of drug-likeness (QED) is 0.364. The summed E-state index contributed by atoms with van der Waals surface area (Å²) in [5.41, 5.74) is -1.78. The van der Waals surface area contributed by atoms with Crippen molar-refractivity contribution >= 4 is 40.7 Å². The van der Waals surface area contributed by atoms with E-state index >= 15 is 0 Å². The van der Waals surface area contributed by atoms with Crippen molar-refractivity contribution in [2.75, 3.05) is 7.11 Å². The summed E-state index contributed by atoms with van der Waals surface area (Å²) in [5.74, 6) is -0.728. The van der Waals surface area contributed by atoms with Crippen molar-refractivity contribution in [1.82, 2.24) is 0 Å². The van der Waals surface area contributed by atoms with Gasteiger partial charge in [0.1, 0.15) is 0 Å². The van der Waals surface area contributed by atoms with Crippen LogP contribution in [0.3, 0.4) is 0 Å². The molecule has 19 heavy (non-hydrogen) atoms. The van der Waals surface area contributed by atoms with Crippen molar-refractivity contribution in [2.24, 2.45) is 0 Å². The Morgan fingerprint density at radius 1 is 1.26 bits per heavy atom. The first-order valence-electron chi connectivity index (χ1n) is 4.36. The molecule has 0 amide bonds. The number of hydrogen-bond acceptors (Lipinski definition) is 7. The average Bonchev–Trinajstić information content (AvgIpc) is 2.32. The summed E-state index contributed by atoms with van der Waals surface area (Å²) in [7, 11) is 0.967. The molecular weight excluding hydrogens is 307 g/mol. The summed E-state index contributed by atoms with van der Waals surface area (Å²) in [6.45, 7) is 0. The Balaban J connectivity index is 3.54. The number of ether oxygens (including phenoxy) is 2. The molecular formula is C8H4Cl2N2O7. The number of carbonyl (C=O) groups is 1. The third-order valence-electron chi connectivity index (χ3n) is 1.86. The number of nitro groups is 2. The molecule has 102 valence electrons. The molecule has 0 aromatic heterocycles. The Morgan fingerprint density at radius 2 is 1.84 bits per heavy atom. The van der Waals surface area contributed by atoms with Gasteiger partial charge in [-0.3, -0.25) is 20.2 Å². The van der Waals surface area contributed by atoms with E-state index in [2.05, 4.69) is 9.47 Å². The van der Waals surface area contributed by atoms with Gasteiger partial charge in [-0.25, -0.2) is 4.79 Å². The fourth-order valence-electron chi connectivity index (χ4n) is 1.10. The van der Waals surface area contributed by atoms with Gasteiger partial charge in [-0.05, 0) is 0 Å². The van der Waals surface area contributed by atoms with Gasteiger partial charge in [0.15, 0.2) is 5.02 Å². The SMILES string of the molecule is COC(=O)Oc1c(Cl)cc([N+](=O)[O-])c(Cl)c1[N+](=O)[O-]. The Morgan fingerprint density at radius 3 is 2.26 bits per heavy atom. The van der Waals surface area contributed by atoms with Crippen LogP contribution in [-0.2, 0) is 4.74 Å². The first kappa shape index (κ1) is 14.9. The van der Waals surface area contributed by atoms with Crippen LogP contribution in [0.4, 0.5) is 16.2 Å². The van der Waals surface area contributed by atoms with Crippen molar-refractivity contribution in [3.8, 4) is 5.75 Å². The number of benzene rings is 1. The minimum Gasteiger partial charge on any atom is -0.437 e. The largest absolute Gasteiger partial charge is 0.513 e.